The minimum atomic E-state index is -3.68. The van der Waals surface area contributed by atoms with Crippen molar-refractivity contribution in [1.29, 1.82) is 0 Å². The zero-order valence-corrected chi connectivity index (χ0v) is 16.0. The normalized spacial score (nSPS) is 22.5. The fraction of sp³-hybridized carbons (Fsp3) is 0.688. The number of rotatable bonds is 4. The first-order chi connectivity index (χ1) is 12.3. The van der Waals surface area contributed by atoms with Gasteiger partial charge < -0.3 is 9.80 Å². The predicted octanol–water partition coefficient (Wildman–Crippen LogP) is -0.272. The van der Waals surface area contributed by atoms with Gasteiger partial charge in [-0.25, -0.2) is 8.42 Å². The van der Waals surface area contributed by atoms with E-state index < -0.39 is 10.0 Å². The molecular formula is C16H25N5O4S. The molecule has 2 aliphatic rings. The van der Waals surface area contributed by atoms with Gasteiger partial charge in [0, 0.05) is 39.3 Å². The Balaban J connectivity index is 1.71. The van der Waals surface area contributed by atoms with Crippen LogP contribution in [-0.4, -0.2) is 84.3 Å². The summed E-state index contributed by atoms with van der Waals surface area (Å²) in [6.45, 7) is 6.01. The average molecular weight is 383 g/mol. The zero-order chi connectivity index (χ0) is 18.9. The van der Waals surface area contributed by atoms with Gasteiger partial charge in [0.05, 0.1) is 17.3 Å². The largest absolute Gasteiger partial charge is 0.342 e. The fourth-order valence-electron chi connectivity index (χ4n) is 3.72. The van der Waals surface area contributed by atoms with E-state index in [9.17, 15) is 18.0 Å². The van der Waals surface area contributed by atoms with E-state index in [-0.39, 0.29) is 23.3 Å². The Morgan fingerprint density at radius 2 is 1.88 bits per heavy atom. The first-order valence-electron chi connectivity index (χ1n) is 8.84. The average Bonchev–Trinajstić information content (AvgIpc) is 3.00. The highest BCUT2D eigenvalue weighted by Crippen LogP contribution is 2.27. The lowest BCUT2D eigenvalue weighted by molar-refractivity contribution is -0.140. The van der Waals surface area contributed by atoms with Gasteiger partial charge in [0.25, 0.3) is 0 Å². The van der Waals surface area contributed by atoms with E-state index >= 15 is 0 Å². The van der Waals surface area contributed by atoms with Gasteiger partial charge in [0.2, 0.25) is 22.3 Å². The van der Waals surface area contributed by atoms with Crippen molar-refractivity contribution < 1.29 is 18.0 Å². The van der Waals surface area contributed by atoms with Crippen LogP contribution in [0.5, 0.6) is 0 Å². The molecule has 0 aliphatic carbocycles. The van der Waals surface area contributed by atoms with Gasteiger partial charge in [-0.3, -0.25) is 14.7 Å². The van der Waals surface area contributed by atoms with E-state index in [1.54, 1.807) is 23.6 Å². The minimum absolute atomic E-state index is 0.0175. The van der Waals surface area contributed by atoms with Gasteiger partial charge in [0.15, 0.2) is 0 Å². The predicted molar refractivity (Wildman–Crippen MR) is 93.8 cm³/mol. The number of aromatic amines is 1. The summed E-state index contributed by atoms with van der Waals surface area (Å²) in [6.07, 6.45) is 2.13. The van der Waals surface area contributed by atoms with Crippen molar-refractivity contribution in [3.63, 3.8) is 0 Å². The summed E-state index contributed by atoms with van der Waals surface area (Å²) < 4.78 is 27.4. The summed E-state index contributed by atoms with van der Waals surface area (Å²) in [5.41, 5.74) is 0.960. The van der Waals surface area contributed by atoms with E-state index in [4.69, 9.17) is 0 Å². The third-order valence-electron chi connectivity index (χ3n) is 5.17. The van der Waals surface area contributed by atoms with E-state index in [2.05, 4.69) is 10.2 Å². The van der Waals surface area contributed by atoms with Crippen molar-refractivity contribution in [2.24, 2.45) is 5.92 Å². The molecule has 0 bridgehead atoms. The number of amides is 2. The van der Waals surface area contributed by atoms with Gasteiger partial charge in [-0.15, -0.1) is 0 Å². The maximum absolute atomic E-state index is 13.0. The summed E-state index contributed by atoms with van der Waals surface area (Å²) in [5.74, 6) is -0.357. The van der Waals surface area contributed by atoms with Gasteiger partial charge in [-0.1, -0.05) is 0 Å². The molecule has 2 aliphatic heterocycles. The first kappa shape index (κ1) is 18.8. The van der Waals surface area contributed by atoms with E-state index in [0.717, 1.165) is 6.41 Å². The highest BCUT2D eigenvalue weighted by atomic mass is 32.2. The summed E-state index contributed by atoms with van der Waals surface area (Å²) in [7, 11) is -3.68. The topological polar surface area (TPSA) is 107 Å². The lowest BCUT2D eigenvalue weighted by Gasteiger charge is -2.37. The minimum Gasteiger partial charge on any atom is -0.342 e. The Hall–Kier alpha value is -1.94. The summed E-state index contributed by atoms with van der Waals surface area (Å²) in [4.78, 5) is 27.2. The van der Waals surface area contributed by atoms with Gasteiger partial charge >= 0.3 is 0 Å². The van der Waals surface area contributed by atoms with E-state index in [1.807, 2.05) is 0 Å². The fourth-order valence-corrected chi connectivity index (χ4v) is 5.57. The van der Waals surface area contributed by atoms with Crippen LogP contribution >= 0.6 is 0 Å². The Morgan fingerprint density at radius 1 is 1.19 bits per heavy atom. The second-order valence-electron chi connectivity index (χ2n) is 6.93. The highest BCUT2D eigenvalue weighted by molar-refractivity contribution is 7.89. The number of aryl methyl sites for hydroxylation is 2. The third-order valence-corrected chi connectivity index (χ3v) is 7.30. The molecule has 1 unspecified atom stereocenters. The number of carbonyl (C=O) groups excluding carboxylic acids is 2. The van der Waals surface area contributed by atoms with Crippen molar-refractivity contribution in [3.05, 3.63) is 11.4 Å². The van der Waals surface area contributed by atoms with Crippen molar-refractivity contribution in [3.8, 4) is 0 Å². The summed E-state index contributed by atoms with van der Waals surface area (Å²) in [5, 5.41) is 6.69. The molecule has 0 aromatic carbocycles. The molecule has 0 saturated carbocycles. The molecule has 10 heteroatoms. The summed E-state index contributed by atoms with van der Waals surface area (Å²) in [6, 6.07) is 0. The number of H-pyrrole nitrogens is 1. The molecule has 1 aromatic rings. The number of hydrogen-bond donors (Lipinski definition) is 1. The number of piperidine rings is 1. The quantitative estimate of drug-likeness (QED) is 0.720. The number of nitrogens with one attached hydrogen (secondary N) is 1. The maximum Gasteiger partial charge on any atom is 0.246 e. The second kappa shape index (κ2) is 7.36. The maximum atomic E-state index is 13.0. The molecule has 144 valence electrons. The smallest absolute Gasteiger partial charge is 0.246 e. The van der Waals surface area contributed by atoms with Gasteiger partial charge in [0.1, 0.15) is 4.90 Å². The van der Waals surface area contributed by atoms with Crippen LogP contribution in [0.4, 0.5) is 0 Å². The lowest BCUT2D eigenvalue weighted by Crippen LogP contribution is -2.52. The van der Waals surface area contributed by atoms with Crippen LogP contribution in [-0.2, 0) is 19.6 Å². The lowest BCUT2D eigenvalue weighted by atomic mass is 9.98. The Morgan fingerprint density at radius 3 is 2.46 bits per heavy atom. The molecule has 1 N–H and O–H groups in total. The molecule has 0 radical (unpaired) electrons. The number of hydrogen-bond acceptors (Lipinski definition) is 5. The van der Waals surface area contributed by atoms with Crippen molar-refractivity contribution in [2.45, 2.75) is 31.6 Å². The monoisotopic (exact) mass is 383 g/mol. The Labute approximate surface area is 153 Å². The highest BCUT2D eigenvalue weighted by Gasteiger charge is 2.37. The van der Waals surface area contributed by atoms with Gasteiger partial charge in [-0.2, -0.15) is 9.40 Å². The zero-order valence-electron chi connectivity index (χ0n) is 15.1. The second-order valence-corrected chi connectivity index (χ2v) is 8.81. The molecule has 1 atom stereocenters. The van der Waals surface area contributed by atoms with Crippen LogP contribution < -0.4 is 0 Å². The van der Waals surface area contributed by atoms with Crippen LogP contribution in [0.15, 0.2) is 4.90 Å². The van der Waals surface area contributed by atoms with Crippen molar-refractivity contribution in [1.82, 2.24) is 24.3 Å². The SMILES string of the molecule is Cc1n[nH]c(C)c1S(=O)(=O)N1CCCC(C(=O)N2CCN(C=O)CC2)C1. The molecular weight excluding hydrogens is 358 g/mol. The van der Waals surface area contributed by atoms with Crippen LogP contribution in [0.25, 0.3) is 0 Å². The summed E-state index contributed by atoms with van der Waals surface area (Å²) >= 11 is 0. The number of piperazine rings is 1. The van der Waals surface area contributed by atoms with Crippen LogP contribution in [0.1, 0.15) is 24.2 Å². The van der Waals surface area contributed by atoms with E-state index in [0.29, 0.717) is 57.0 Å². The molecule has 3 heterocycles. The molecule has 2 fully saturated rings. The number of carbonyl (C=O) groups is 2. The molecule has 3 rings (SSSR count). The van der Waals surface area contributed by atoms with Crippen molar-refractivity contribution >= 4 is 22.3 Å². The molecule has 2 saturated heterocycles. The number of nitrogens with zero attached hydrogens (tertiary/aromatic N) is 4. The first-order valence-corrected chi connectivity index (χ1v) is 10.3. The molecule has 26 heavy (non-hydrogen) atoms. The molecule has 0 spiro atoms. The van der Waals surface area contributed by atoms with Crippen LogP contribution in [0, 0.1) is 19.8 Å². The molecule has 2 amide bonds. The van der Waals surface area contributed by atoms with Gasteiger partial charge in [-0.05, 0) is 26.7 Å². The Kier molecular flexibility index (Phi) is 5.33. The van der Waals surface area contributed by atoms with E-state index in [1.165, 1.54) is 4.31 Å². The number of sulfonamides is 1. The van der Waals surface area contributed by atoms with Crippen LogP contribution in [0.2, 0.25) is 0 Å². The van der Waals surface area contributed by atoms with Crippen molar-refractivity contribution in [2.75, 3.05) is 39.3 Å². The molecule has 1 aromatic heterocycles. The van der Waals surface area contributed by atoms with Crippen LogP contribution in [0.3, 0.4) is 0 Å². The standard InChI is InChI=1S/C16H25N5O4S/c1-12-15(13(2)18-17-12)26(24,25)21-5-3-4-14(10-21)16(23)20-8-6-19(11-22)7-9-20/h11,14H,3-10H2,1-2H3,(H,17,18). The third kappa shape index (κ3) is 3.48. The Bertz CT molecular complexity index is 763. The molecule has 9 nitrogen and oxygen atoms in total. The number of aromatic nitrogens is 2.